The van der Waals surface area contributed by atoms with Crippen LogP contribution in [-0.4, -0.2) is 53.2 Å². The molecule has 3 heterocycles. The quantitative estimate of drug-likeness (QED) is 0.836. The molecule has 1 N–H and O–H groups in total. The number of ether oxygens (including phenoxy) is 1. The molecule has 0 amide bonds. The van der Waals surface area contributed by atoms with Crippen molar-refractivity contribution >= 4 is 11.9 Å². The second kappa shape index (κ2) is 8.06. The lowest BCUT2D eigenvalue weighted by atomic mass is 10.1. The Kier molecular flexibility index (Phi) is 5.60. The number of rotatable bonds is 6. The standard InChI is InChI=1S/C17H24N6O2/c1-3-5-13-14(12-25-2)20-17(21-15(13)24)23-10-8-22(9-11-23)16-18-6-4-7-19-16/h4,6-7H,3,5,8-12H2,1-2H3,(H,20,21,24). The van der Waals surface area contributed by atoms with Crippen molar-refractivity contribution in [3.05, 3.63) is 40.1 Å². The molecular weight excluding hydrogens is 320 g/mol. The van der Waals surface area contributed by atoms with Gasteiger partial charge in [0.15, 0.2) is 0 Å². The van der Waals surface area contributed by atoms with Crippen LogP contribution in [0.2, 0.25) is 0 Å². The second-order valence-electron chi connectivity index (χ2n) is 6.02. The molecule has 8 heteroatoms. The summed E-state index contributed by atoms with van der Waals surface area (Å²) in [6, 6.07) is 1.81. The van der Waals surface area contributed by atoms with Gasteiger partial charge in [-0.05, 0) is 12.5 Å². The van der Waals surface area contributed by atoms with Crippen molar-refractivity contribution in [3.8, 4) is 0 Å². The zero-order valence-corrected chi connectivity index (χ0v) is 14.7. The minimum absolute atomic E-state index is 0.0623. The lowest BCUT2D eigenvalue weighted by Gasteiger charge is -2.35. The number of aromatic amines is 1. The summed E-state index contributed by atoms with van der Waals surface area (Å²) >= 11 is 0. The van der Waals surface area contributed by atoms with Crippen LogP contribution >= 0.6 is 0 Å². The smallest absolute Gasteiger partial charge is 0.255 e. The molecule has 0 bridgehead atoms. The minimum Gasteiger partial charge on any atom is -0.378 e. The summed E-state index contributed by atoms with van der Waals surface area (Å²) in [5, 5.41) is 0. The maximum Gasteiger partial charge on any atom is 0.255 e. The van der Waals surface area contributed by atoms with E-state index >= 15 is 0 Å². The molecule has 0 aliphatic carbocycles. The summed E-state index contributed by atoms with van der Waals surface area (Å²) in [4.78, 5) is 32.9. The molecule has 0 aromatic carbocycles. The normalized spacial score (nSPS) is 14.8. The molecule has 0 atom stereocenters. The average molecular weight is 344 g/mol. The molecule has 1 aliphatic rings. The third-order valence-electron chi connectivity index (χ3n) is 4.28. The molecule has 3 rings (SSSR count). The van der Waals surface area contributed by atoms with Crippen LogP contribution in [0.25, 0.3) is 0 Å². The van der Waals surface area contributed by atoms with Crippen molar-refractivity contribution in [3.63, 3.8) is 0 Å². The van der Waals surface area contributed by atoms with Crippen LogP contribution in [0.5, 0.6) is 0 Å². The van der Waals surface area contributed by atoms with Gasteiger partial charge in [0.05, 0.1) is 12.3 Å². The van der Waals surface area contributed by atoms with Gasteiger partial charge in [-0.3, -0.25) is 9.78 Å². The largest absolute Gasteiger partial charge is 0.378 e. The van der Waals surface area contributed by atoms with Crippen molar-refractivity contribution in [1.82, 2.24) is 19.9 Å². The first-order valence-electron chi connectivity index (χ1n) is 8.60. The third-order valence-corrected chi connectivity index (χ3v) is 4.28. The van der Waals surface area contributed by atoms with E-state index in [4.69, 9.17) is 4.74 Å². The van der Waals surface area contributed by atoms with Gasteiger partial charge in [0.25, 0.3) is 5.56 Å². The lowest BCUT2D eigenvalue weighted by molar-refractivity contribution is 0.180. The Morgan fingerprint density at radius 3 is 2.48 bits per heavy atom. The molecule has 0 unspecified atom stereocenters. The van der Waals surface area contributed by atoms with Crippen molar-refractivity contribution in [2.75, 3.05) is 43.1 Å². The van der Waals surface area contributed by atoms with E-state index in [1.165, 1.54) is 0 Å². The molecule has 0 spiro atoms. The fourth-order valence-electron chi connectivity index (χ4n) is 3.02. The van der Waals surface area contributed by atoms with Crippen molar-refractivity contribution in [2.45, 2.75) is 26.4 Å². The van der Waals surface area contributed by atoms with E-state index in [9.17, 15) is 4.79 Å². The van der Waals surface area contributed by atoms with Crippen LogP contribution in [-0.2, 0) is 17.8 Å². The molecule has 2 aromatic heterocycles. The molecule has 0 radical (unpaired) electrons. The lowest BCUT2D eigenvalue weighted by Crippen LogP contribution is -2.48. The van der Waals surface area contributed by atoms with E-state index in [2.05, 4.69) is 36.7 Å². The predicted octanol–water partition coefficient (Wildman–Crippen LogP) is 0.985. The number of hydrogen-bond donors (Lipinski definition) is 1. The van der Waals surface area contributed by atoms with Crippen molar-refractivity contribution < 1.29 is 4.74 Å². The van der Waals surface area contributed by atoms with E-state index in [1.807, 2.05) is 6.07 Å². The van der Waals surface area contributed by atoms with E-state index in [0.29, 0.717) is 19.0 Å². The molecule has 0 saturated carbocycles. The van der Waals surface area contributed by atoms with Crippen molar-refractivity contribution in [2.24, 2.45) is 0 Å². The molecule has 25 heavy (non-hydrogen) atoms. The molecule has 2 aromatic rings. The van der Waals surface area contributed by atoms with Crippen LogP contribution < -0.4 is 15.4 Å². The Hall–Kier alpha value is -2.48. The van der Waals surface area contributed by atoms with Crippen LogP contribution in [0.3, 0.4) is 0 Å². The van der Waals surface area contributed by atoms with Gasteiger partial charge in [-0.25, -0.2) is 15.0 Å². The Morgan fingerprint density at radius 1 is 1.16 bits per heavy atom. The van der Waals surface area contributed by atoms with Crippen LogP contribution in [0.15, 0.2) is 23.3 Å². The zero-order chi connectivity index (χ0) is 17.6. The fourth-order valence-corrected chi connectivity index (χ4v) is 3.02. The summed E-state index contributed by atoms with van der Waals surface area (Å²) in [5.41, 5.74) is 1.40. The van der Waals surface area contributed by atoms with Gasteiger partial charge in [0.2, 0.25) is 11.9 Å². The SMILES string of the molecule is CCCc1c(COC)nc(N2CCN(c3ncccn3)CC2)[nH]c1=O. The maximum absolute atomic E-state index is 12.4. The van der Waals surface area contributed by atoms with E-state index in [0.717, 1.165) is 49.8 Å². The number of hydrogen-bond acceptors (Lipinski definition) is 7. The van der Waals surface area contributed by atoms with Gasteiger partial charge < -0.3 is 14.5 Å². The average Bonchev–Trinajstić information content (AvgIpc) is 2.65. The number of nitrogens with zero attached hydrogens (tertiary/aromatic N) is 5. The summed E-state index contributed by atoms with van der Waals surface area (Å²) in [6.45, 7) is 5.47. The summed E-state index contributed by atoms with van der Waals surface area (Å²) in [7, 11) is 1.62. The van der Waals surface area contributed by atoms with Crippen LogP contribution in [0.4, 0.5) is 11.9 Å². The number of H-pyrrole nitrogens is 1. The number of piperazine rings is 1. The molecule has 1 aliphatic heterocycles. The van der Waals surface area contributed by atoms with Gasteiger partial charge >= 0.3 is 0 Å². The number of aromatic nitrogens is 4. The van der Waals surface area contributed by atoms with Gasteiger partial charge in [0, 0.05) is 51.2 Å². The number of nitrogens with one attached hydrogen (secondary N) is 1. The highest BCUT2D eigenvalue weighted by Crippen LogP contribution is 2.15. The Bertz CT molecular complexity index is 741. The highest BCUT2D eigenvalue weighted by Gasteiger charge is 2.22. The summed E-state index contributed by atoms with van der Waals surface area (Å²) in [5.74, 6) is 1.35. The number of methoxy groups -OCH3 is 1. The van der Waals surface area contributed by atoms with Gasteiger partial charge in [-0.15, -0.1) is 0 Å². The van der Waals surface area contributed by atoms with Crippen LogP contribution in [0.1, 0.15) is 24.6 Å². The number of anilines is 2. The minimum atomic E-state index is -0.0623. The topological polar surface area (TPSA) is 87.2 Å². The first-order valence-corrected chi connectivity index (χ1v) is 8.60. The first-order chi connectivity index (χ1) is 12.2. The fraction of sp³-hybridized carbons (Fsp3) is 0.529. The molecule has 8 nitrogen and oxygen atoms in total. The first kappa shape index (κ1) is 17.3. The third kappa shape index (κ3) is 3.96. The van der Waals surface area contributed by atoms with Gasteiger partial charge in [0.1, 0.15) is 0 Å². The van der Waals surface area contributed by atoms with Gasteiger partial charge in [-0.1, -0.05) is 13.3 Å². The molecule has 1 saturated heterocycles. The summed E-state index contributed by atoms with van der Waals surface area (Å²) < 4.78 is 5.23. The van der Waals surface area contributed by atoms with E-state index in [1.54, 1.807) is 19.5 Å². The zero-order valence-electron chi connectivity index (χ0n) is 14.7. The van der Waals surface area contributed by atoms with E-state index in [-0.39, 0.29) is 5.56 Å². The Morgan fingerprint density at radius 2 is 1.84 bits per heavy atom. The van der Waals surface area contributed by atoms with Crippen LogP contribution in [0, 0.1) is 0 Å². The highest BCUT2D eigenvalue weighted by atomic mass is 16.5. The second-order valence-corrected chi connectivity index (χ2v) is 6.02. The Labute approximate surface area is 146 Å². The molecule has 1 fully saturated rings. The van der Waals surface area contributed by atoms with Crippen molar-refractivity contribution in [1.29, 1.82) is 0 Å². The highest BCUT2D eigenvalue weighted by molar-refractivity contribution is 5.38. The molecule has 134 valence electrons. The monoisotopic (exact) mass is 344 g/mol. The maximum atomic E-state index is 12.4. The van der Waals surface area contributed by atoms with E-state index < -0.39 is 0 Å². The summed E-state index contributed by atoms with van der Waals surface area (Å²) in [6.07, 6.45) is 5.10. The predicted molar refractivity (Wildman–Crippen MR) is 96.0 cm³/mol. The van der Waals surface area contributed by atoms with Gasteiger partial charge in [-0.2, -0.15) is 0 Å². The molecular formula is C17H24N6O2. The Balaban J connectivity index is 1.75.